The molecular weight excluding hydrogens is 467 g/mol. The normalized spacial score (nSPS) is 11.2. The van der Waals surface area contributed by atoms with Crippen LogP contribution < -0.4 is 4.74 Å². The smallest absolute Gasteiger partial charge is 0.225 e. The summed E-state index contributed by atoms with van der Waals surface area (Å²) >= 11 is 12.8. The zero-order valence-electron chi connectivity index (χ0n) is 18.6. The number of ketones is 1. The van der Waals surface area contributed by atoms with Crippen molar-refractivity contribution >= 4 is 50.8 Å². The third-order valence-corrected chi connectivity index (χ3v) is 6.25. The molecule has 0 N–H and O–H groups in total. The first-order valence-corrected chi connectivity index (χ1v) is 11.5. The summed E-state index contributed by atoms with van der Waals surface area (Å²) < 4.78 is 6.16. The number of pyridine rings is 2. The maximum Gasteiger partial charge on any atom is 0.225 e. The SMILES string of the molecule is CC(=O)c1c(OCc2cc3cc(C)ccc3nc2Cl)nc2ccc(Cl)cc2c1-c1ccccc1. The van der Waals surface area contributed by atoms with E-state index in [1.54, 1.807) is 6.07 Å². The average molecular weight is 487 g/mol. The summed E-state index contributed by atoms with van der Waals surface area (Å²) in [4.78, 5) is 22.1. The van der Waals surface area contributed by atoms with Crippen LogP contribution in [0.3, 0.4) is 0 Å². The highest BCUT2D eigenvalue weighted by Gasteiger charge is 2.22. The summed E-state index contributed by atoms with van der Waals surface area (Å²) in [5, 5.41) is 2.69. The highest BCUT2D eigenvalue weighted by Crippen LogP contribution is 2.38. The van der Waals surface area contributed by atoms with Gasteiger partial charge in [0.25, 0.3) is 0 Å². The van der Waals surface area contributed by atoms with Crippen molar-refractivity contribution in [2.75, 3.05) is 0 Å². The van der Waals surface area contributed by atoms with Crippen LogP contribution in [0.1, 0.15) is 28.4 Å². The summed E-state index contributed by atoms with van der Waals surface area (Å²) in [6.45, 7) is 3.66. The van der Waals surface area contributed by atoms with E-state index in [4.69, 9.17) is 27.9 Å². The van der Waals surface area contributed by atoms with Crippen molar-refractivity contribution < 1.29 is 9.53 Å². The number of fused-ring (bicyclic) bond motifs is 2. The number of hydrogen-bond donors (Lipinski definition) is 0. The number of carbonyl (C=O) groups is 1. The van der Waals surface area contributed by atoms with Crippen LogP contribution in [0.5, 0.6) is 5.88 Å². The van der Waals surface area contributed by atoms with Gasteiger partial charge >= 0.3 is 0 Å². The third kappa shape index (κ3) is 4.23. The summed E-state index contributed by atoms with van der Waals surface area (Å²) in [6.07, 6.45) is 0. The lowest BCUT2D eigenvalue weighted by atomic mass is 9.94. The molecule has 0 aliphatic carbocycles. The molecule has 3 aromatic carbocycles. The summed E-state index contributed by atoms with van der Waals surface area (Å²) in [7, 11) is 0. The number of carbonyl (C=O) groups excluding carboxylic acids is 1. The van der Waals surface area contributed by atoms with E-state index in [-0.39, 0.29) is 18.3 Å². The number of benzene rings is 3. The molecule has 5 aromatic rings. The largest absolute Gasteiger partial charge is 0.472 e. The van der Waals surface area contributed by atoms with E-state index in [1.807, 2.05) is 67.6 Å². The Labute approximate surface area is 207 Å². The van der Waals surface area contributed by atoms with Crippen LogP contribution in [-0.4, -0.2) is 15.8 Å². The first kappa shape index (κ1) is 22.3. The lowest BCUT2D eigenvalue weighted by Gasteiger charge is -2.17. The zero-order valence-corrected chi connectivity index (χ0v) is 20.1. The van der Waals surface area contributed by atoms with Crippen molar-refractivity contribution in [1.29, 1.82) is 0 Å². The van der Waals surface area contributed by atoms with Gasteiger partial charge in [-0.15, -0.1) is 0 Å². The standard InChI is InChI=1S/C28H20Cl2N2O2/c1-16-8-10-23-19(12-16)13-20(27(30)31-23)15-34-28-25(17(2)33)26(18-6-4-3-5-7-18)22-14-21(29)9-11-24(22)32-28/h3-14H,15H2,1-2H3. The predicted molar refractivity (Wildman–Crippen MR) is 138 cm³/mol. The summed E-state index contributed by atoms with van der Waals surface area (Å²) in [5.74, 6) is 0.100. The van der Waals surface area contributed by atoms with Crippen LogP contribution in [0.4, 0.5) is 0 Å². The molecule has 0 radical (unpaired) electrons. The van der Waals surface area contributed by atoms with Gasteiger partial charge in [-0.25, -0.2) is 9.97 Å². The van der Waals surface area contributed by atoms with E-state index in [1.165, 1.54) is 6.92 Å². The predicted octanol–water partition coefficient (Wildman–Crippen LogP) is 7.85. The highest BCUT2D eigenvalue weighted by atomic mass is 35.5. The molecule has 0 saturated heterocycles. The van der Waals surface area contributed by atoms with Gasteiger partial charge in [-0.05, 0) is 55.8 Å². The van der Waals surface area contributed by atoms with Gasteiger partial charge in [-0.2, -0.15) is 0 Å². The Hall–Kier alpha value is -3.47. The van der Waals surface area contributed by atoms with E-state index in [9.17, 15) is 4.79 Å². The van der Waals surface area contributed by atoms with Gasteiger partial charge in [-0.3, -0.25) is 4.79 Å². The van der Waals surface area contributed by atoms with Gasteiger partial charge in [0.2, 0.25) is 5.88 Å². The van der Waals surface area contributed by atoms with Gasteiger partial charge in [0, 0.05) is 26.9 Å². The van der Waals surface area contributed by atoms with Gasteiger partial charge in [0.1, 0.15) is 11.8 Å². The average Bonchev–Trinajstić information content (AvgIpc) is 2.82. The minimum absolute atomic E-state index is 0.121. The molecule has 0 amide bonds. The molecule has 0 fully saturated rings. The van der Waals surface area contributed by atoms with Gasteiger partial charge in [-0.1, -0.05) is 65.2 Å². The number of ether oxygens (including phenoxy) is 1. The Bertz CT molecular complexity index is 1570. The van der Waals surface area contributed by atoms with E-state index >= 15 is 0 Å². The number of Topliss-reactive ketones (excluding diaryl/α,β-unsaturated/α-hetero) is 1. The number of aromatic nitrogens is 2. The molecule has 168 valence electrons. The van der Waals surface area contributed by atoms with E-state index in [0.29, 0.717) is 26.8 Å². The van der Waals surface area contributed by atoms with Crippen molar-refractivity contribution in [2.45, 2.75) is 20.5 Å². The molecule has 0 saturated carbocycles. The molecule has 0 aliphatic heterocycles. The van der Waals surface area contributed by atoms with E-state index in [0.717, 1.165) is 33.0 Å². The second kappa shape index (κ2) is 9.05. The Kier molecular flexibility index (Phi) is 5.94. The van der Waals surface area contributed by atoms with Crippen LogP contribution >= 0.6 is 23.2 Å². The van der Waals surface area contributed by atoms with Gasteiger partial charge in [0.05, 0.1) is 16.6 Å². The van der Waals surface area contributed by atoms with Crippen LogP contribution in [0.25, 0.3) is 32.9 Å². The summed E-state index contributed by atoms with van der Waals surface area (Å²) in [5.41, 5.74) is 5.37. The maximum atomic E-state index is 12.9. The van der Waals surface area contributed by atoms with Crippen molar-refractivity contribution in [2.24, 2.45) is 0 Å². The van der Waals surface area contributed by atoms with Gasteiger partial charge < -0.3 is 4.74 Å². The maximum absolute atomic E-state index is 12.9. The Morgan fingerprint density at radius 1 is 0.912 bits per heavy atom. The highest BCUT2D eigenvalue weighted by molar-refractivity contribution is 6.31. The quantitative estimate of drug-likeness (QED) is 0.187. The Morgan fingerprint density at radius 2 is 1.68 bits per heavy atom. The van der Waals surface area contributed by atoms with Crippen LogP contribution in [0.15, 0.2) is 72.8 Å². The molecule has 0 bridgehead atoms. The molecule has 0 aliphatic rings. The minimum atomic E-state index is -0.151. The van der Waals surface area contributed by atoms with Gasteiger partial charge in [0.15, 0.2) is 5.78 Å². The topological polar surface area (TPSA) is 52.1 Å². The lowest BCUT2D eigenvalue weighted by Crippen LogP contribution is -2.07. The van der Waals surface area contributed by atoms with Crippen molar-refractivity contribution in [3.05, 3.63) is 99.7 Å². The molecule has 0 spiro atoms. The molecule has 2 aromatic heterocycles. The molecule has 4 nitrogen and oxygen atoms in total. The fraction of sp³-hybridized carbons (Fsp3) is 0.107. The number of hydrogen-bond acceptors (Lipinski definition) is 4. The molecule has 5 rings (SSSR count). The molecule has 2 heterocycles. The van der Waals surface area contributed by atoms with Crippen LogP contribution in [0.2, 0.25) is 10.2 Å². The fourth-order valence-electron chi connectivity index (χ4n) is 4.11. The lowest BCUT2D eigenvalue weighted by molar-refractivity contribution is 0.101. The first-order chi connectivity index (χ1) is 16.4. The van der Waals surface area contributed by atoms with E-state index < -0.39 is 0 Å². The summed E-state index contributed by atoms with van der Waals surface area (Å²) in [6, 6.07) is 23.1. The van der Waals surface area contributed by atoms with Crippen LogP contribution in [0, 0.1) is 6.92 Å². The number of halogens is 2. The molecule has 0 atom stereocenters. The number of nitrogens with zero attached hydrogens (tertiary/aromatic N) is 2. The zero-order chi connectivity index (χ0) is 23.8. The Morgan fingerprint density at radius 3 is 2.44 bits per heavy atom. The van der Waals surface area contributed by atoms with E-state index in [2.05, 4.69) is 16.0 Å². The van der Waals surface area contributed by atoms with Crippen molar-refractivity contribution in [3.8, 4) is 17.0 Å². The molecule has 34 heavy (non-hydrogen) atoms. The second-order valence-electron chi connectivity index (χ2n) is 8.17. The molecule has 6 heteroatoms. The minimum Gasteiger partial charge on any atom is -0.472 e. The van der Waals surface area contributed by atoms with Crippen molar-refractivity contribution in [3.63, 3.8) is 0 Å². The van der Waals surface area contributed by atoms with Crippen LogP contribution in [-0.2, 0) is 6.61 Å². The third-order valence-electron chi connectivity index (χ3n) is 5.69. The molecule has 0 unspecified atom stereocenters. The first-order valence-electron chi connectivity index (χ1n) is 10.8. The monoisotopic (exact) mass is 486 g/mol. The second-order valence-corrected chi connectivity index (χ2v) is 8.97. The Balaban J connectivity index is 1.65. The molecular formula is C28H20Cl2N2O2. The number of rotatable bonds is 5. The van der Waals surface area contributed by atoms with Crippen molar-refractivity contribution in [1.82, 2.24) is 9.97 Å². The number of aryl methyl sites for hydroxylation is 1. The fourth-order valence-corrected chi connectivity index (χ4v) is 4.48.